The molecule has 0 radical (unpaired) electrons. The maximum Gasteiger partial charge on any atom is 0.133 e. The Balaban J connectivity index is 3.65. The third-order valence-electron chi connectivity index (χ3n) is 2.09. The van der Waals surface area contributed by atoms with Gasteiger partial charge < -0.3 is 0 Å². The van der Waals surface area contributed by atoms with Crippen LogP contribution >= 0.6 is 0 Å². The fraction of sp³-hybridized carbons (Fsp3) is 0.917. The molecule has 0 aromatic carbocycles. The van der Waals surface area contributed by atoms with Crippen LogP contribution in [-0.4, -0.2) is 5.78 Å². The summed E-state index contributed by atoms with van der Waals surface area (Å²) in [6, 6.07) is 0. The highest BCUT2D eigenvalue weighted by Crippen LogP contribution is 2.16. The number of rotatable bonds is 6. The standard InChI is InChI=1S/C12H24O/c1-9(2)6-11(5)8-12(13)7-10(3)4/h9-11H,6-8H2,1-5H3. The SMILES string of the molecule is CC(C)CC(=O)CC(C)CC(C)C. The molecule has 0 N–H and O–H groups in total. The van der Waals surface area contributed by atoms with Gasteiger partial charge in [0.1, 0.15) is 5.78 Å². The molecule has 0 spiro atoms. The first-order chi connectivity index (χ1) is 5.91. The largest absolute Gasteiger partial charge is 0.300 e. The van der Waals surface area contributed by atoms with Gasteiger partial charge in [-0.25, -0.2) is 0 Å². The van der Waals surface area contributed by atoms with Crippen LogP contribution < -0.4 is 0 Å². The first-order valence-electron chi connectivity index (χ1n) is 5.43. The first kappa shape index (κ1) is 12.7. The fourth-order valence-corrected chi connectivity index (χ4v) is 1.82. The van der Waals surface area contributed by atoms with Gasteiger partial charge in [-0.05, 0) is 24.2 Å². The Kier molecular flexibility index (Phi) is 6.02. The van der Waals surface area contributed by atoms with Gasteiger partial charge in [0.05, 0.1) is 0 Å². The van der Waals surface area contributed by atoms with Crippen molar-refractivity contribution in [1.82, 2.24) is 0 Å². The third-order valence-corrected chi connectivity index (χ3v) is 2.09. The van der Waals surface area contributed by atoms with Crippen LogP contribution in [0.1, 0.15) is 53.9 Å². The summed E-state index contributed by atoms with van der Waals surface area (Å²) < 4.78 is 0. The Morgan fingerprint density at radius 3 is 1.85 bits per heavy atom. The lowest BCUT2D eigenvalue weighted by Crippen LogP contribution is -2.09. The van der Waals surface area contributed by atoms with Gasteiger partial charge >= 0.3 is 0 Å². The highest BCUT2D eigenvalue weighted by molar-refractivity contribution is 5.78. The predicted octanol–water partition coefficient (Wildman–Crippen LogP) is 3.67. The first-order valence-corrected chi connectivity index (χ1v) is 5.43. The van der Waals surface area contributed by atoms with Crippen molar-refractivity contribution in [3.05, 3.63) is 0 Å². The smallest absolute Gasteiger partial charge is 0.133 e. The van der Waals surface area contributed by atoms with E-state index in [-0.39, 0.29) is 0 Å². The zero-order chi connectivity index (χ0) is 10.4. The van der Waals surface area contributed by atoms with Crippen LogP contribution in [0.4, 0.5) is 0 Å². The molecular formula is C12H24O. The maximum absolute atomic E-state index is 11.4. The van der Waals surface area contributed by atoms with Crippen molar-refractivity contribution in [3.63, 3.8) is 0 Å². The Labute approximate surface area is 82.9 Å². The second-order valence-corrected chi connectivity index (χ2v) is 5.08. The Morgan fingerprint density at radius 2 is 1.46 bits per heavy atom. The van der Waals surface area contributed by atoms with Crippen LogP contribution in [0.5, 0.6) is 0 Å². The van der Waals surface area contributed by atoms with E-state index in [0.717, 1.165) is 12.8 Å². The van der Waals surface area contributed by atoms with Crippen LogP contribution in [0.3, 0.4) is 0 Å². The monoisotopic (exact) mass is 184 g/mol. The summed E-state index contributed by atoms with van der Waals surface area (Å²) in [5, 5.41) is 0. The summed E-state index contributed by atoms with van der Waals surface area (Å²) in [7, 11) is 0. The van der Waals surface area contributed by atoms with Gasteiger partial charge in [-0.2, -0.15) is 0 Å². The molecule has 0 amide bonds. The molecule has 0 aromatic heterocycles. The summed E-state index contributed by atoms with van der Waals surface area (Å²) in [6.07, 6.45) is 2.70. The van der Waals surface area contributed by atoms with Crippen LogP contribution in [-0.2, 0) is 4.79 Å². The van der Waals surface area contributed by atoms with Crippen LogP contribution in [0.2, 0.25) is 0 Å². The number of ketones is 1. The van der Waals surface area contributed by atoms with Crippen LogP contribution in [0, 0.1) is 17.8 Å². The van der Waals surface area contributed by atoms with Crippen molar-refractivity contribution >= 4 is 5.78 Å². The van der Waals surface area contributed by atoms with E-state index < -0.39 is 0 Å². The minimum Gasteiger partial charge on any atom is -0.300 e. The van der Waals surface area contributed by atoms with E-state index in [1.807, 2.05) is 0 Å². The molecule has 1 unspecified atom stereocenters. The molecule has 1 atom stereocenters. The normalized spacial score (nSPS) is 13.8. The molecule has 0 bridgehead atoms. The summed E-state index contributed by atoms with van der Waals surface area (Å²) in [5.74, 6) is 2.22. The molecule has 1 nitrogen and oxygen atoms in total. The van der Waals surface area contributed by atoms with E-state index in [0.29, 0.717) is 23.5 Å². The predicted molar refractivity (Wildman–Crippen MR) is 57.7 cm³/mol. The maximum atomic E-state index is 11.4. The fourth-order valence-electron chi connectivity index (χ4n) is 1.82. The lowest BCUT2D eigenvalue weighted by atomic mass is 9.92. The van der Waals surface area contributed by atoms with E-state index in [1.54, 1.807) is 0 Å². The number of hydrogen-bond acceptors (Lipinski definition) is 1. The topological polar surface area (TPSA) is 17.1 Å². The highest BCUT2D eigenvalue weighted by Gasteiger charge is 2.11. The van der Waals surface area contributed by atoms with Gasteiger partial charge in [-0.3, -0.25) is 4.79 Å². The zero-order valence-electron chi connectivity index (χ0n) is 9.76. The van der Waals surface area contributed by atoms with E-state index in [4.69, 9.17) is 0 Å². The van der Waals surface area contributed by atoms with Gasteiger partial charge in [0.15, 0.2) is 0 Å². The summed E-state index contributed by atoms with van der Waals surface area (Å²) >= 11 is 0. The average Bonchev–Trinajstić information content (AvgIpc) is 1.80. The molecule has 0 rings (SSSR count). The molecule has 0 saturated carbocycles. The van der Waals surface area contributed by atoms with Crippen molar-refractivity contribution in [3.8, 4) is 0 Å². The molecule has 0 saturated heterocycles. The van der Waals surface area contributed by atoms with Crippen molar-refractivity contribution in [2.45, 2.75) is 53.9 Å². The van der Waals surface area contributed by atoms with Crippen molar-refractivity contribution in [2.24, 2.45) is 17.8 Å². The molecular weight excluding hydrogens is 160 g/mol. The minimum atomic E-state index is 0.433. The van der Waals surface area contributed by atoms with Crippen molar-refractivity contribution in [1.29, 1.82) is 0 Å². The second kappa shape index (κ2) is 6.17. The number of hydrogen-bond donors (Lipinski definition) is 0. The van der Waals surface area contributed by atoms with E-state index in [9.17, 15) is 4.79 Å². The molecule has 0 aliphatic rings. The van der Waals surface area contributed by atoms with Gasteiger partial charge in [-0.1, -0.05) is 34.6 Å². The summed E-state index contributed by atoms with van der Waals surface area (Å²) in [6.45, 7) is 10.8. The van der Waals surface area contributed by atoms with E-state index in [1.165, 1.54) is 6.42 Å². The molecule has 0 fully saturated rings. The molecule has 1 heteroatoms. The summed E-state index contributed by atoms with van der Waals surface area (Å²) in [4.78, 5) is 11.4. The van der Waals surface area contributed by atoms with E-state index >= 15 is 0 Å². The Morgan fingerprint density at radius 1 is 0.923 bits per heavy atom. The average molecular weight is 184 g/mol. The van der Waals surface area contributed by atoms with Crippen molar-refractivity contribution in [2.75, 3.05) is 0 Å². The van der Waals surface area contributed by atoms with Crippen LogP contribution in [0.15, 0.2) is 0 Å². The quantitative estimate of drug-likeness (QED) is 0.615. The highest BCUT2D eigenvalue weighted by atomic mass is 16.1. The lowest BCUT2D eigenvalue weighted by molar-refractivity contribution is -0.120. The van der Waals surface area contributed by atoms with Crippen molar-refractivity contribution < 1.29 is 4.79 Å². The second-order valence-electron chi connectivity index (χ2n) is 5.08. The third kappa shape index (κ3) is 8.01. The summed E-state index contributed by atoms with van der Waals surface area (Å²) in [5.41, 5.74) is 0. The van der Waals surface area contributed by atoms with Gasteiger partial charge in [-0.15, -0.1) is 0 Å². The molecule has 78 valence electrons. The zero-order valence-corrected chi connectivity index (χ0v) is 9.76. The molecule has 13 heavy (non-hydrogen) atoms. The van der Waals surface area contributed by atoms with Gasteiger partial charge in [0.2, 0.25) is 0 Å². The number of carbonyl (C=O) groups excluding carboxylic acids is 1. The van der Waals surface area contributed by atoms with Gasteiger partial charge in [0.25, 0.3) is 0 Å². The lowest BCUT2D eigenvalue weighted by Gasteiger charge is -2.13. The number of carbonyl (C=O) groups is 1. The van der Waals surface area contributed by atoms with Gasteiger partial charge in [0, 0.05) is 12.8 Å². The minimum absolute atomic E-state index is 0.433. The molecule has 0 aliphatic heterocycles. The van der Waals surface area contributed by atoms with E-state index in [2.05, 4.69) is 34.6 Å². The molecule has 0 aromatic rings. The number of Topliss-reactive ketones (excluding diaryl/α,β-unsaturated/α-hetero) is 1. The molecule has 0 heterocycles. The van der Waals surface area contributed by atoms with Crippen LogP contribution in [0.25, 0.3) is 0 Å². The molecule has 0 aliphatic carbocycles. The Hall–Kier alpha value is -0.330. The Bertz CT molecular complexity index is 147.